The molecule has 0 aliphatic rings. The normalized spacial score (nSPS) is 10.5. The highest BCUT2D eigenvalue weighted by Gasteiger charge is 2.13. The fraction of sp³-hybridized carbons (Fsp3) is 0.143. The van der Waals surface area contributed by atoms with E-state index in [9.17, 15) is 0 Å². The molecule has 2 N–H and O–H groups in total. The van der Waals surface area contributed by atoms with Crippen LogP contribution in [0.3, 0.4) is 0 Å². The first-order chi connectivity index (χ1) is 8.49. The SMILES string of the molecule is Cc1cc(Cl)ccc1-c1ccc(B(O)O)cc1C. The minimum absolute atomic E-state index is 0.503. The van der Waals surface area contributed by atoms with E-state index in [0.717, 1.165) is 27.3 Å². The summed E-state index contributed by atoms with van der Waals surface area (Å²) < 4.78 is 0. The molecule has 92 valence electrons. The maximum Gasteiger partial charge on any atom is 0.488 e. The van der Waals surface area contributed by atoms with Gasteiger partial charge >= 0.3 is 7.12 Å². The monoisotopic (exact) mass is 260 g/mol. The van der Waals surface area contributed by atoms with E-state index in [2.05, 4.69) is 0 Å². The zero-order valence-electron chi connectivity index (χ0n) is 10.3. The predicted octanol–water partition coefficient (Wildman–Crippen LogP) is 2.30. The number of halogens is 1. The molecule has 2 rings (SSSR count). The van der Waals surface area contributed by atoms with Crippen LogP contribution in [0.25, 0.3) is 11.1 Å². The minimum Gasteiger partial charge on any atom is -0.423 e. The summed E-state index contributed by atoms with van der Waals surface area (Å²) >= 11 is 5.94. The van der Waals surface area contributed by atoms with Crippen LogP contribution in [0.1, 0.15) is 11.1 Å². The van der Waals surface area contributed by atoms with E-state index in [1.165, 1.54) is 0 Å². The van der Waals surface area contributed by atoms with E-state index < -0.39 is 7.12 Å². The molecule has 2 nitrogen and oxygen atoms in total. The van der Waals surface area contributed by atoms with Crippen LogP contribution in [0.2, 0.25) is 5.02 Å². The van der Waals surface area contributed by atoms with Crippen molar-refractivity contribution < 1.29 is 10.0 Å². The Morgan fingerprint density at radius 3 is 1.94 bits per heavy atom. The molecule has 0 aliphatic heterocycles. The molecular formula is C14H14BClO2. The maximum absolute atomic E-state index is 9.14. The summed E-state index contributed by atoms with van der Waals surface area (Å²) in [5, 5.41) is 19.0. The van der Waals surface area contributed by atoms with E-state index in [0.29, 0.717) is 5.46 Å². The molecule has 0 radical (unpaired) electrons. The molecule has 0 spiro atoms. The Morgan fingerprint density at radius 2 is 1.44 bits per heavy atom. The third-order valence-electron chi connectivity index (χ3n) is 3.03. The van der Waals surface area contributed by atoms with E-state index >= 15 is 0 Å². The van der Waals surface area contributed by atoms with Gasteiger partial charge in [0.05, 0.1) is 0 Å². The Hall–Kier alpha value is -1.29. The Balaban J connectivity index is 2.51. The molecule has 4 heteroatoms. The van der Waals surface area contributed by atoms with Gasteiger partial charge in [0.25, 0.3) is 0 Å². The van der Waals surface area contributed by atoms with Crippen molar-refractivity contribution in [1.29, 1.82) is 0 Å². The summed E-state index contributed by atoms with van der Waals surface area (Å²) in [4.78, 5) is 0. The molecule has 2 aromatic rings. The zero-order chi connectivity index (χ0) is 13.3. The number of rotatable bonds is 2. The second kappa shape index (κ2) is 5.15. The van der Waals surface area contributed by atoms with Gasteiger partial charge < -0.3 is 10.0 Å². The smallest absolute Gasteiger partial charge is 0.423 e. The Labute approximate surface area is 112 Å². The lowest BCUT2D eigenvalue weighted by Crippen LogP contribution is -2.29. The lowest BCUT2D eigenvalue weighted by Gasteiger charge is -2.11. The van der Waals surface area contributed by atoms with Gasteiger partial charge in [0.15, 0.2) is 0 Å². The van der Waals surface area contributed by atoms with Crippen LogP contribution in [0.5, 0.6) is 0 Å². The number of hydrogen-bond acceptors (Lipinski definition) is 2. The Morgan fingerprint density at radius 1 is 0.889 bits per heavy atom. The van der Waals surface area contributed by atoms with Gasteiger partial charge in [0.1, 0.15) is 0 Å². The van der Waals surface area contributed by atoms with Gasteiger partial charge in [0, 0.05) is 5.02 Å². The molecule has 0 bridgehead atoms. The van der Waals surface area contributed by atoms with E-state index in [4.69, 9.17) is 21.6 Å². The molecule has 0 aromatic heterocycles. The second-order valence-electron chi connectivity index (χ2n) is 4.41. The predicted molar refractivity (Wildman–Crippen MR) is 76.2 cm³/mol. The van der Waals surface area contributed by atoms with Gasteiger partial charge in [-0.25, -0.2) is 0 Å². The average molecular weight is 261 g/mol. The van der Waals surface area contributed by atoms with Gasteiger partial charge in [-0.1, -0.05) is 35.9 Å². The quantitative estimate of drug-likeness (QED) is 0.814. The van der Waals surface area contributed by atoms with Crippen molar-refractivity contribution in [2.24, 2.45) is 0 Å². The largest absolute Gasteiger partial charge is 0.488 e. The molecular weight excluding hydrogens is 246 g/mol. The molecule has 2 aromatic carbocycles. The van der Waals surface area contributed by atoms with Crippen molar-refractivity contribution in [3.8, 4) is 11.1 Å². The van der Waals surface area contributed by atoms with Gasteiger partial charge in [-0.2, -0.15) is 0 Å². The van der Waals surface area contributed by atoms with Crippen LogP contribution in [0.4, 0.5) is 0 Å². The van der Waals surface area contributed by atoms with Crippen molar-refractivity contribution in [3.05, 3.63) is 52.5 Å². The lowest BCUT2D eigenvalue weighted by molar-refractivity contribution is 0.426. The van der Waals surface area contributed by atoms with Gasteiger partial charge in [-0.15, -0.1) is 0 Å². The van der Waals surface area contributed by atoms with Crippen molar-refractivity contribution in [3.63, 3.8) is 0 Å². The van der Waals surface area contributed by atoms with Gasteiger partial charge in [-0.3, -0.25) is 0 Å². The summed E-state index contributed by atoms with van der Waals surface area (Å²) in [5.74, 6) is 0. The number of benzene rings is 2. The minimum atomic E-state index is -1.43. The van der Waals surface area contributed by atoms with Crippen molar-refractivity contribution in [2.75, 3.05) is 0 Å². The fourth-order valence-corrected chi connectivity index (χ4v) is 2.31. The highest BCUT2D eigenvalue weighted by atomic mass is 35.5. The molecule has 0 amide bonds. The Kier molecular flexibility index (Phi) is 3.76. The van der Waals surface area contributed by atoms with Crippen LogP contribution in [0, 0.1) is 13.8 Å². The molecule has 0 atom stereocenters. The molecule has 0 unspecified atom stereocenters. The standard InChI is InChI=1S/C14H14BClO2/c1-9-7-11(15(17)18)3-5-13(9)14-6-4-12(16)8-10(14)2/h3-8,17-18H,1-2H3. The zero-order valence-corrected chi connectivity index (χ0v) is 11.1. The topological polar surface area (TPSA) is 40.5 Å². The second-order valence-corrected chi connectivity index (χ2v) is 4.84. The molecule has 0 fully saturated rings. The third-order valence-corrected chi connectivity index (χ3v) is 3.26. The average Bonchev–Trinajstić information content (AvgIpc) is 2.30. The highest BCUT2D eigenvalue weighted by Crippen LogP contribution is 2.27. The first-order valence-corrected chi connectivity index (χ1v) is 6.10. The number of hydrogen-bond donors (Lipinski definition) is 2. The van der Waals surface area contributed by atoms with E-state index in [-0.39, 0.29) is 0 Å². The Bertz CT molecular complexity index is 582. The first kappa shape index (κ1) is 13.2. The molecule has 0 saturated carbocycles. The van der Waals surface area contributed by atoms with Crippen LogP contribution in [0.15, 0.2) is 36.4 Å². The van der Waals surface area contributed by atoms with E-state index in [1.807, 2.05) is 38.1 Å². The molecule has 18 heavy (non-hydrogen) atoms. The molecule has 0 saturated heterocycles. The van der Waals surface area contributed by atoms with Crippen molar-refractivity contribution in [1.82, 2.24) is 0 Å². The fourth-order valence-electron chi connectivity index (χ4n) is 2.08. The summed E-state index contributed by atoms with van der Waals surface area (Å²) in [7, 11) is -1.43. The first-order valence-electron chi connectivity index (χ1n) is 5.72. The summed E-state index contributed by atoms with van der Waals surface area (Å²) in [5.41, 5.74) is 4.79. The van der Waals surface area contributed by atoms with Crippen molar-refractivity contribution in [2.45, 2.75) is 13.8 Å². The third kappa shape index (κ3) is 2.59. The molecule has 0 heterocycles. The summed E-state index contributed by atoms with van der Waals surface area (Å²) in [6, 6.07) is 11.2. The van der Waals surface area contributed by atoms with E-state index in [1.54, 1.807) is 12.1 Å². The highest BCUT2D eigenvalue weighted by molar-refractivity contribution is 6.58. The maximum atomic E-state index is 9.14. The van der Waals surface area contributed by atoms with Crippen LogP contribution >= 0.6 is 11.6 Å². The summed E-state index contributed by atoms with van der Waals surface area (Å²) in [6.45, 7) is 3.96. The number of aryl methyl sites for hydroxylation is 2. The van der Waals surface area contributed by atoms with Gasteiger partial charge in [-0.05, 0) is 53.7 Å². The van der Waals surface area contributed by atoms with Gasteiger partial charge in [0.2, 0.25) is 0 Å². The van der Waals surface area contributed by atoms with Crippen LogP contribution in [-0.4, -0.2) is 17.2 Å². The lowest BCUT2D eigenvalue weighted by atomic mass is 9.78. The van der Waals surface area contributed by atoms with Crippen molar-refractivity contribution >= 4 is 24.2 Å². The van der Waals surface area contributed by atoms with Crippen LogP contribution in [-0.2, 0) is 0 Å². The molecule has 0 aliphatic carbocycles. The summed E-state index contributed by atoms with van der Waals surface area (Å²) in [6.07, 6.45) is 0. The van der Waals surface area contributed by atoms with Crippen LogP contribution < -0.4 is 5.46 Å².